The van der Waals surface area contributed by atoms with Crippen molar-refractivity contribution < 1.29 is 0 Å². The van der Waals surface area contributed by atoms with Gasteiger partial charge in [0, 0.05) is 11.8 Å². The van der Waals surface area contributed by atoms with E-state index in [4.69, 9.17) is 4.98 Å². The lowest BCUT2D eigenvalue weighted by Gasteiger charge is -2.17. The molecule has 1 heterocycles. The van der Waals surface area contributed by atoms with E-state index in [1.54, 1.807) is 0 Å². The Kier molecular flexibility index (Phi) is 13.1. The molecule has 12 aromatic carbocycles. The van der Waals surface area contributed by atoms with E-state index in [1.165, 1.54) is 44.5 Å². The first-order chi connectivity index (χ1) is 38.6. The third-order valence-corrected chi connectivity index (χ3v) is 14.8. The topological polar surface area (TPSA) is 12.9 Å². The van der Waals surface area contributed by atoms with Gasteiger partial charge < -0.3 is 0 Å². The van der Waals surface area contributed by atoms with Crippen molar-refractivity contribution in [3.05, 3.63) is 322 Å². The summed E-state index contributed by atoms with van der Waals surface area (Å²) in [5.41, 5.74) is 27.5. The van der Waals surface area contributed by atoms with Gasteiger partial charge in [-0.1, -0.05) is 218 Å². The fraction of sp³-hybridized carbons (Fsp3) is 0. The van der Waals surface area contributed by atoms with Gasteiger partial charge in [-0.05, 0) is 219 Å². The van der Waals surface area contributed by atoms with Crippen molar-refractivity contribution in [2.75, 3.05) is 0 Å². The average Bonchev–Trinajstić information content (AvgIpc) is 3.57. The maximum atomic E-state index is 4.77. The molecule has 0 bridgehead atoms. The van der Waals surface area contributed by atoms with Crippen LogP contribution in [0, 0.1) is 0 Å². The zero-order valence-electron chi connectivity index (χ0n) is 43.0. The number of benzene rings is 12. The number of aromatic nitrogens is 1. The lowest BCUT2D eigenvalue weighted by atomic mass is 9.87. The van der Waals surface area contributed by atoms with E-state index in [9.17, 15) is 0 Å². The fourth-order valence-corrected chi connectivity index (χ4v) is 10.8. The molecule has 0 atom stereocenters. The van der Waals surface area contributed by atoms with Gasteiger partial charge >= 0.3 is 0 Å². The molecule has 0 aliphatic carbocycles. The average molecular weight is 992 g/mol. The minimum Gasteiger partial charge on any atom is -0.256 e. The summed E-state index contributed by atoms with van der Waals surface area (Å²) in [4.78, 5) is 4.77. The third-order valence-electron chi connectivity index (χ3n) is 14.8. The molecule has 0 saturated heterocycles. The van der Waals surface area contributed by atoms with Crippen LogP contribution in [0.4, 0.5) is 0 Å². The van der Waals surface area contributed by atoms with E-state index < -0.39 is 0 Å². The van der Waals surface area contributed by atoms with E-state index in [2.05, 4.69) is 309 Å². The molecule has 13 aromatic rings. The Morgan fingerprint density at radius 1 is 0.128 bits per heavy atom. The van der Waals surface area contributed by atoms with Crippen LogP contribution in [0.15, 0.2) is 322 Å². The Balaban J connectivity index is 1.04. The Labute approximate surface area is 457 Å². The second kappa shape index (κ2) is 21.6. The van der Waals surface area contributed by atoms with Crippen LogP contribution >= 0.6 is 0 Å². The molecule has 0 spiro atoms. The van der Waals surface area contributed by atoms with Crippen LogP contribution in [-0.2, 0) is 0 Å². The highest BCUT2D eigenvalue weighted by atomic mass is 14.7. The first-order valence-corrected chi connectivity index (χ1v) is 26.7. The number of hydrogen-bond donors (Lipinski definition) is 0. The second-order valence-electron chi connectivity index (χ2n) is 20.0. The van der Waals surface area contributed by atoms with Crippen molar-refractivity contribution in [1.29, 1.82) is 0 Å². The molecule has 0 saturated carbocycles. The molecule has 0 fully saturated rings. The van der Waals surface area contributed by atoms with Gasteiger partial charge in [0.15, 0.2) is 0 Å². The van der Waals surface area contributed by atoms with Gasteiger partial charge in [0.2, 0.25) is 0 Å². The number of pyridine rings is 1. The Morgan fingerprint density at radius 3 is 0.551 bits per heavy atom. The van der Waals surface area contributed by atoms with E-state index in [-0.39, 0.29) is 0 Å². The molecule has 1 aromatic heterocycles. The van der Waals surface area contributed by atoms with Gasteiger partial charge in [-0.25, -0.2) is 0 Å². The quantitative estimate of drug-likeness (QED) is 0.119. The highest BCUT2D eigenvalue weighted by Crippen LogP contribution is 2.42. The first-order valence-electron chi connectivity index (χ1n) is 26.7. The van der Waals surface area contributed by atoms with E-state index in [0.29, 0.717) is 0 Å². The van der Waals surface area contributed by atoms with Gasteiger partial charge in [0.05, 0.1) is 5.69 Å². The van der Waals surface area contributed by atoms with Crippen molar-refractivity contribution >= 4 is 0 Å². The minimum absolute atomic E-state index is 0.941. The lowest BCUT2D eigenvalue weighted by Crippen LogP contribution is -1.91. The number of nitrogens with zero attached hydrogens (tertiary/aromatic N) is 1. The molecular weight excluding hydrogens is 939 g/mol. The summed E-state index contributed by atoms with van der Waals surface area (Å²) in [6, 6.07) is 115. The van der Waals surface area contributed by atoms with Gasteiger partial charge in [-0.2, -0.15) is 0 Å². The van der Waals surface area contributed by atoms with E-state index in [0.717, 1.165) is 89.1 Å². The normalized spacial score (nSPS) is 11.1. The Hall–Kier alpha value is -10.2. The molecule has 1 nitrogen and oxygen atoms in total. The molecule has 0 aliphatic rings. The maximum Gasteiger partial charge on any atom is 0.0702 e. The van der Waals surface area contributed by atoms with Crippen LogP contribution in [0.1, 0.15) is 0 Å². The summed E-state index contributed by atoms with van der Waals surface area (Å²) in [6.07, 6.45) is 1.87. The predicted molar refractivity (Wildman–Crippen MR) is 329 cm³/mol. The standard InChI is InChI=1S/C77H53N/c1-5-20-54(21-6-1)58-28-15-32-62(40-58)68-45-69(63-33-16-29-59(41-63)55-22-7-2-8-23-55)48-73(47-68)75-51-72(66-36-19-37-67(44-66)77-38-13-14-39-78-77)52-76(53-75)74-49-70(64-34-17-30-60(42-64)56-24-9-3-10-25-56)46-71(50-74)65-35-18-31-61(43-65)57-26-11-4-12-27-57/h1-53H. The Morgan fingerprint density at radius 2 is 0.308 bits per heavy atom. The van der Waals surface area contributed by atoms with Crippen LogP contribution in [0.3, 0.4) is 0 Å². The summed E-state index contributed by atoms with van der Waals surface area (Å²) in [7, 11) is 0. The number of rotatable bonds is 12. The van der Waals surface area contributed by atoms with Crippen LogP contribution in [0.2, 0.25) is 0 Å². The van der Waals surface area contributed by atoms with Crippen LogP contribution in [0.5, 0.6) is 0 Å². The monoisotopic (exact) mass is 991 g/mol. The molecule has 0 amide bonds. The van der Waals surface area contributed by atoms with E-state index in [1.807, 2.05) is 12.3 Å². The number of hydrogen-bond acceptors (Lipinski definition) is 1. The maximum absolute atomic E-state index is 4.77. The Bertz CT molecular complexity index is 3790. The highest BCUT2D eigenvalue weighted by Gasteiger charge is 2.16. The molecule has 0 aliphatic heterocycles. The minimum atomic E-state index is 0.941. The molecule has 78 heavy (non-hydrogen) atoms. The van der Waals surface area contributed by atoms with Gasteiger partial charge in [-0.3, -0.25) is 4.98 Å². The lowest BCUT2D eigenvalue weighted by molar-refractivity contribution is 1.33. The van der Waals surface area contributed by atoms with Gasteiger partial charge in [0.1, 0.15) is 0 Å². The molecule has 13 rings (SSSR count). The third kappa shape index (κ3) is 10.3. The van der Waals surface area contributed by atoms with Crippen LogP contribution in [0.25, 0.3) is 134 Å². The summed E-state index contributed by atoms with van der Waals surface area (Å²) in [6.45, 7) is 0. The van der Waals surface area contributed by atoms with Gasteiger partial charge in [-0.15, -0.1) is 0 Å². The van der Waals surface area contributed by atoms with Crippen molar-refractivity contribution in [1.82, 2.24) is 4.98 Å². The van der Waals surface area contributed by atoms with Crippen molar-refractivity contribution in [3.63, 3.8) is 0 Å². The zero-order valence-corrected chi connectivity index (χ0v) is 43.0. The fourth-order valence-electron chi connectivity index (χ4n) is 10.8. The van der Waals surface area contributed by atoms with Crippen molar-refractivity contribution in [2.45, 2.75) is 0 Å². The summed E-state index contributed by atoms with van der Waals surface area (Å²) in [5.74, 6) is 0. The SMILES string of the molecule is c1ccc(-c2cccc(-c3cc(-c4cccc(-c5ccccc5)c4)cc(-c4cc(-c5cc(-c6cccc(-c7ccccc7)c6)cc(-c6cccc(-c7ccccc7)c6)c5)cc(-c5cccc(-c6ccccn6)c5)c4)c3)c2)cc1. The summed E-state index contributed by atoms with van der Waals surface area (Å²) < 4.78 is 0. The molecule has 0 radical (unpaired) electrons. The van der Waals surface area contributed by atoms with Crippen molar-refractivity contribution in [2.24, 2.45) is 0 Å². The van der Waals surface area contributed by atoms with Crippen LogP contribution in [-0.4, -0.2) is 4.98 Å². The predicted octanol–water partition coefficient (Wildman–Crippen LogP) is 21.1. The molecule has 366 valence electrons. The molecule has 1 heteroatoms. The molecular formula is C77H53N. The molecule has 0 N–H and O–H groups in total. The van der Waals surface area contributed by atoms with E-state index >= 15 is 0 Å². The second-order valence-corrected chi connectivity index (χ2v) is 20.0. The summed E-state index contributed by atoms with van der Waals surface area (Å²) in [5, 5.41) is 0. The highest BCUT2D eigenvalue weighted by molar-refractivity contribution is 5.91. The van der Waals surface area contributed by atoms with Crippen molar-refractivity contribution in [3.8, 4) is 134 Å². The molecule has 0 unspecified atom stereocenters. The largest absolute Gasteiger partial charge is 0.256 e. The van der Waals surface area contributed by atoms with Gasteiger partial charge in [0.25, 0.3) is 0 Å². The smallest absolute Gasteiger partial charge is 0.0702 e. The summed E-state index contributed by atoms with van der Waals surface area (Å²) >= 11 is 0. The van der Waals surface area contributed by atoms with Crippen LogP contribution < -0.4 is 0 Å². The zero-order chi connectivity index (χ0) is 52.0. The first kappa shape index (κ1) is 47.5.